The van der Waals surface area contributed by atoms with Crippen LogP contribution < -0.4 is 5.73 Å². The molecule has 0 amide bonds. The van der Waals surface area contributed by atoms with Crippen LogP contribution in [0.3, 0.4) is 0 Å². The van der Waals surface area contributed by atoms with E-state index in [0.29, 0.717) is 6.04 Å². The van der Waals surface area contributed by atoms with Crippen LogP contribution in [0.1, 0.15) is 33.1 Å². The van der Waals surface area contributed by atoms with E-state index >= 15 is 0 Å². The molecule has 54 valence electrons. The summed E-state index contributed by atoms with van der Waals surface area (Å²) in [5.74, 6) is 1.75. The van der Waals surface area contributed by atoms with Crippen LogP contribution in [-0.4, -0.2) is 6.04 Å². The Labute approximate surface area is 57.6 Å². The Hall–Kier alpha value is -0.0400. The normalized spacial score (nSPS) is 36.3. The van der Waals surface area contributed by atoms with E-state index in [2.05, 4.69) is 13.8 Å². The fraction of sp³-hybridized carbons (Fsp3) is 1.00. The Kier molecular flexibility index (Phi) is 2.12. The predicted molar refractivity (Wildman–Crippen MR) is 40.2 cm³/mol. The van der Waals surface area contributed by atoms with E-state index < -0.39 is 0 Å². The Balaban J connectivity index is 2.11. The van der Waals surface area contributed by atoms with Crippen molar-refractivity contribution in [2.24, 2.45) is 17.6 Å². The van der Waals surface area contributed by atoms with Crippen LogP contribution >= 0.6 is 0 Å². The number of nitrogens with two attached hydrogens (primary N) is 1. The van der Waals surface area contributed by atoms with Crippen LogP contribution in [0.2, 0.25) is 0 Å². The molecule has 3 atom stereocenters. The van der Waals surface area contributed by atoms with Crippen molar-refractivity contribution in [3.05, 3.63) is 0 Å². The van der Waals surface area contributed by atoms with Gasteiger partial charge in [-0.3, -0.25) is 0 Å². The van der Waals surface area contributed by atoms with Crippen molar-refractivity contribution in [3.63, 3.8) is 0 Å². The van der Waals surface area contributed by atoms with Gasteiger partial charge in [0, 0.05) is 6.04 Å². The van der Waals surface area contributed by atoms with E-state index in [-0.39, 0.29) is 0 Å². The first kappa shape index (κ1) is 7.07. The lowest BCUT2D eigenvalue weighted by molar-refractivity contribution is 0.455. The average molecular weight is 127 g/mol. The van der Waals surface area contributed by atoms with Crippen LogP contribution in [-0.2, 0) is 0 Å². The lowest BCUT2D eigenvalue weighted by Crippen LogP contribution is -2.07. The zero-order valence-corrected chi connectivity index (χ0v) is 6.43. The standard InChI is InChI=1S/C8H17N/c1-3-4-6(2)7-5-8(7)9/h6-8H,3-5,9H2,1-2H3. The van der Waals surface area contributed by atoms with E-state index in [9.17, 15) is 0 Å². The van der Waals surface area contributed by atoms with E-state index in [0.717, 1.165) is 11.8 Å². The average Bonchev–Trinajstić information content (AvgIpc) is 2.47. The minimum Gasteiger partial charge on any atom is -0.327 e. The molecule has 9 heavy (non-hydrogen) atoms. The summed E-state index contributed by atoms with van der Waals surface area (Å²) in [7, 11) is 0. The molecule has 1 heteroatoms. The molecule has 0 aromatic rings. The summed E-state index contributed by atoms with van der Waals surface area (Å²) in [5.41, 5.74) is 5.70. The van der Waals surface area contributed by atoms with Gasteiger partial charge in [-0.15, -0.1) is 0 Å². The third-order valence-electron chi connectivity index (χ3n) is 2.37. The highest BCUT2D eigenvalue weighted by Crippen LogP contribution is 2.37. The molecule has 0 aromatic heterocycles. The van der Waals surface area contributed by atoms with Crippen molar-refractivity contribution >= 4 is 0 Å². The SMILES string of the molecule is CCCC(C)C1CC1N. The summed E-state index contributed by atoms with van der Waals surface area (Å²) in [4.78, 5) is 0. The Morgan fingerprint density at radius 1 is 1.67 bits per heavy atom. The zero-order valence-electron chi connectivity index (χ0n) is 6.43. The minimum absolute atomic E-state index is 0.548. The molecule has 1 aliphatic rings. The number of rotatable bonds is 3. The molecule has 0 spiro atoms. The van der Waals surface area contributed by atoms with Crippen LogP contribution in [0.25, 0.3) is 0 Å². The van der Waals surface area contributed by atoms with Gasteiger partial charge in [0.2, 0.25) is 0 Å². The van der Waals surface area contributed by atoms with E-state index in [1.807, 2.05) is 0 Å². The zero-order chi connectivity index (χ0) is 6.85. The van der Waals surface area contributed by atoms with Gasteiger partial charge in [-0.25, -0.2) is 0 Å². The highest BCUT2D eigenvalue weighted by Gasteiger charge is 2.36. The molecular formula is C8H17N. The first-order valence-electron chi connectivity index (χ1n) is 4.01. The quantitative estimate of drug-likeness (QED) is 0.614. The molecule has 0 aromatic carbocycles. The molecule has 1 rings (SSSR count). The number of hydrogen-bond acceptors (Lipinski definition) is 1. The summed E-state index contributed by atoms with van der Waals surface area (Å²) in [6, 6.07) is 0.548. The second-order valence-electron chi connectivity index (χ2n) is 3.33. The van der Waals surface area contributed by atoms with Gasteiger partial charge < -0.3 is 5.73 Å². The largest absolute Gasteiger partial charge is 0.327 e. The van der Waals surface area contributed by atoms with Crippen LogP contribution in [0, 0.1) is 11.8 Å². The maximum Gasteiger partial charge on any atom is 0.00736 e. The highest BCUT2D eigenvalue weighted by atomic mass is 14.7. The molecule has 2 N–H and O–H groups in total. The minimum atomic E-state index is 0.548. The van der Waals surface area contributed by atoms with Crippen LogP contribution in [0.15, 0.2) is 0 Å². The van der Waals surface area contributed by atoms with Gasteiger partial charge in [0.25, 0.3) is 0 Å². The topological polar surface area (TPSA) is 26.0 Å². The summed E-state index contributed by atoms with van der Waals surface area (Å²) in [6.45, 7) is 4.56. The summed E-state index contributed by atoms with van der Waals surface area (Å²) < 4.78 is 0. The van der Waals surface area contributed by atoms with Crippen molar-refractivity contribution < 1.29 is 0 Å². The lowest BCUT2D eigenvalue weighted by atomic mass is 10.0. The molecule has 0 saturated heterocycles. The van der Waals surface area contributed by atoms with Crippen LogP contribution in [0.5, 0.6) is 0 Å². The Bertz CT molecular complexity index is 90.6. The summed E-state index contributed by atoms with van der Waals surface area (Å²) in [5, 5.41) is 0. The summed E-state index contributed by atoms with van der Waals surface area (Å²) >= 11 is 0. The second-order valence-corrected chi connectivity index (χ2v) is 3.33. The summed E-state index contributed by atoms with van der Waals surface area (Å²) in [6.07, 6.45) is 3.95. The van der Waals surface area contributed by atoms with Gasteiger partial charge in [0.1, 0.15) is 0 Å². The third kappa shape index (κ3) is 1.68. The molecule has 0 heterocycles. The van der Waals surface area contributed by atoms with Gasteiger partial charge in [-0.2, -0.15) is 0 Å². The smallest absolute Gasteiger partial charge is 0.00736 e. The van der Waals surface area contributed by atoms with E-state index in [4.69, 9.17) is 5.73 Å². The maximum absolute atomic E-state index is 5.70. The molecule has 0 bridgehead atoms. The molecule has 0 aliphatic heterocycles. The van der Waals surface area contributed by atoms with Gasteiger partial charge in [-0.1, -0.05) is 26.7 Å². The van der Waals surface area contributed by atoms with E-state index in [1.54, 1.807) is 0 Å². The predicted octanol–water partition coefficient (Wildman–Crippen LogP) is 1.77. The van der Waals surface area contributed by atoms with Crippen molar-refractivity contribution in [1.82, 2.24) is 0 Å². The maximum atomic E-state index is 5.70. The molecule has 1 aliphatic carbocycles. The highest BCUT2D eigenvalue weighted by molar-refractivity contribution is 4.92. The number of hydrogen-bond donors (Lipinski definition) is 1. The molecule has 1 fully saturated rings. The van der Waals surface area contributed by atoms with Gasteiger partial charge in [-0.05, 0) is 18.3 Å². The second kappa shape index (κ2) is 2.70. The van der Waals surface area contributed by atoms with E-state index in [1.165, 1.54) is 19.3 Å². The van der Waals surface area contributed by atoms with Crippen molar-refractivity contribution in [2.45, 2.75) is 39.2 Å². The molecule has 3 unspecified atom stereocenters. The fourth-order valence-electron chi connectivity index (χ4n) is 1.56. The van der Waals surface area contributed by atoms with Gasteiger partial charge >= 0.3 is 0 Å². The van der Waals surface area contributed by atoms with Crippen molar-refractivity contribution in [1.29, 1.82) is 0 Å². The molecule has 1 nitrogen and oxygen atoms in total. The van der Waals surface area contributed by atoms with Crippen LogP contribution in [0.4, 0.5) is 0 Å². The Morgan fingerprint density at radius 3 is 2.56 bits per heavy atom. The monoisotopic (exact) mass is 127 g/mol. The first-order valence-corrected chi connectivity index (χ1v) is 4.01. The Morgan fingerprint density at radius 2 is 2.22 bits per heavy atom. The third-order valence-corrected chi connectivity index (χ3v) is 2.37. The lowest BCUT2D eigenvalue weighted by Gasteiger charge is -2.06. The molecule has 1 saturated carbocycles. The molecular weight excluding hydrogens is 110 g/mol. The molecule has 0 radical (unpaired) electrons. The van der Waals surface area contributed by atoms with Gasteiger partial charge in [0.15, 0.2) is 0 Å². The van der Waals surface area contributed by atoms with Crippen molar-refractivity contribution in [3.8, 4) is 0 Å². The first-order chi connectivity index (χ1) is 4.25. The van der Waals surface area contributed by atoms with Gasteiger partial charge in [0.05, 0.1) is 0 Å². The van der Waals surface area contributed by atoms with Crippen molar-refractivity contribution in [2.75, 3.05) is 0 Å². The fourth-order valence-corrected chi connectivity index (χ4v) is 1.56.